The number of aliphatic carboxylic acids is 2. The number of H-pyrrole nitrogens is 1. The fraction of sp³-hybridized carbons (Fsp3) is 0.333. The molecule has 0 spiro atoms. The largest absolute Gasteiger partial charge is 0.481 e. The molecular formula is C18H21N5O6S. The van der Waals surface area contributed by atoms with Crippen LogP contribution in [0.15, 0.2) is 22.5 Å². The number of anilines is 1. The molecule has 0 bridgehead atoms. The second-order valence-electron chi connectivity index (χ2n) is 6.75. The minimum Gasteiger partial charge on any atom is -0.481 e. The number of thiophene rings is 1. The Bertz CT molecular complexity index is 984. The molecule has 0 saturated heterocycles. The molecule has 7 N–H and O–H groups in total. The maximum Gasteiger partial charge on any atom is 0.326 e. The maximum absolute atomic E-state index is 12.3. The molecule has 1 aliphatic heterocycles. The number of aliphatic imine (C=N–C) groups is 1. The first kappa shape index (κ1) is 21.3. The van der Waals surface area contributed by atoms with E-state index >= 15 is 0 Å². The van der Waals surface area contributed by atoms with Gasteiger partial charge < -0.3 is 36.3 Å². The Hall–Kier alpha value is -3.38. The molecule has 2 atom stereocenters. The summed E-state index contributed by atoms with van der Waals surface area (Å²) in [5.41, 5.74) is 7.11. The maximum atomic E-state index is 12.3. The van der Waals surface area contributed by atoms with Gasteiger partial charge in [0.25, 0.3) is 5.91 Å². The number of carbonyl (C=O) groups is 3. The van der Waals surface area contributed by atoms with E-state index < -0.39 is 30.1 Å². The molecule has 160 valence electrons. The lowest BCUT2D eigenvalue weighted by atomic mass is 10.1. The Kier molecular flexibility index (Phi) is 6.37. The van der Waals surface area contributed by atoms with Crippen LogP contribution in [0.2, 0.25) is 0 Å². The number of carboxylic acid groups (broad SMARTS) is 2. The number of hydrogen-bond acceptors (Lipinski definition) is 8. The number of amides is 1. The number of nitrogens with one attached hydrogen (secondary N) is 2. The van der Waals surface area contributed by atoms with E-state index in [-0.39, 0.29) is 12.8 Å². The summed E-state index contributed by atoms with van der Waals surface area (Å²) in [7, 11) is 0. The molecule has 1 amide bonds. The fourth-order valence-electron chi connectivity index (χ4n) is 2.98. The number of carboxylic acids is 2. The Morgan fingerprint density at radius 2 is 2.10 bits per heavy atom. The van der Waals surface area contributed by atoms with Gasteiger partial charge in [0.2, 0.25) is 0 Å². The second kappa shape index (κ2) is 8.97. The van der Waals surface area contributed by atoms with Crippen molar-refractivity contribution in [2.45, 2.75) is 31.5 Å². The topological polar surface area (TPSA) is 181 Å². The summed E-state index contributed by atoms with van der Waals surface area (Å²) >= 11 is 1.16. The van der Waals surface area contributed by atoms with Gasteiger partial charge in [0, 0.05) is 18.5 Å². The Balaban J connectivity index is 1.56. The van der Waals surface area contributed by atoms with Gasteiger partial charge in [-0.2, -0.15) is 0 Å². The summed E-state index contributed by atoms with van der Waals surface area (Å²) in [6, 6.07) is 1.99. The number of nitrogen functional groups attached to an aromatic ring is 1. The Morgan fingerprint density at radius 3 is 2.80 bits per heavy atom. The van der Waals surface area contributed by atoms with E-state index in [4.69, 9.17) is 15.9 Å². The van der Waals surface area contributed by atoms with Crippen LogP contribution in [0.25, 0.3) is 0 Å². The van der Waals surface area contributed by atoms with Gasteiger partial charge >= 0.3 is 11.9 Å². The second-order valence-corrected chi connectivity index (χ2v) is 7.66. The highest BCUT2D eigenvalue weighted by Gasteiger charge is 2.25. The van der Waals surface area contributed by atoms with Gasteiger partial charge in [-0.3, -0.25) is 9.59 Å². The smallest absolute Gasteiger partial charge is 0.326 e. The summed E-state index contributed by atoms with van der Waals surface area (Å²) in [5.74, 6) is -2.07. The van der Waals surface area contributed by atoms with Crippen LogP contribution in [-0.4, -0.2) is 62.0 Å². The average molecular weight is 435 g/mol. The molecule has 3 heterocycles. The van der Waals surface area contributed by atoms with Gasteiger partial charge in [-0.15, -0.1) is 11.3 Å². The number of aliphatic hydroxyl groups excluding tert-OH is 1. The minimum absolute atomic E-state index is 0.202. The summed E-state index contributed by atoms with van der Waals surface area (Å²) in [5, 5.41) is 32.4. The molecule has 0 aromatic carbocycles. The summed E-state index contributed by atoms with van der Waals surface area (Å²) in [6.07, 6.45) is 0.581. The summed E-state index contributed by atoms with van der Waals surface area (Å²) in [4.78, 5) is 43.2. The van der Waals surface area contributed by atoms with Crippen molar-refractivity contribution >= 4 is 47.2 Å². The molecule has 12 heteroatoms. The van der Waals surface area contributed by atoms with E-state index in [9.17, 15) is 19.5 Å². The SMILES string of the molecule is Nc1cc2c([nH]1)N=CN(CCc1csc(C(=O)N[C@@H](CCC(=O)O)C(=O)O)c1)C2O. The lowest BCUT2D eigenvalue weighted by Crippen LogP contribution is -2.40. The van der Waals surface area contributed by atoms with E-state index in [0.29, 0.717) is 35.0 Å². The predicted octanol–water partition coefficient (Wildman–Crippen LogP) is 0.915. The van der Waals surface area contributed by atoms with E-state index in [2.05, 4.69) is 15.3 Å². The van der Waals surface area contributed by atoms with Gasteiger partial charge in [0.1, 0.15) is 17.7 Å². The third-order valence-corrected chi connectivity index (χ3v) is 5.54. The number of nitrogens with zero attached hydrogens (tertiary/aromatic N) is 2. The number of rotatable bonds is 9. The normalized spacial score (nSPS) is 16.2. The van der Waals surface area contributed by atoms with Crippen molar-refractivity contribution in [1.82, 2.24) is 15.2 Å². The summed E-state index contributed by atoms with van der Waals surface area (Å²) < 4.78 is 0. The molecule has 3 rings (SSSR count). The lowest BCUT2D eigenvalue weighted by molar-refractivity contribution is -0.140. The van der Waals surface area contributed by atoms with Crippen LogP contribution < -0.4 is 11.1 Å². The number of aliphatic hydroxyl groups is 1. The van der Waals surface area contributed by atoms with Crippen molar-refractivity contribution in [2.75, 3.05) is 12.3 Å². The first-order valence-electron chi connectivity index (χ1n) is 9.04. The Morgan fingerprint density at radius 1 is 1.33 bits per heavy atom. The highest BCUT2D eigenvalue weighted by Crippen LogP contribution is 2.32. The third-order valence-electron chi connectivity index (χ3n) is 4.56. The van der Waals surface area contributed by atoms with Gasteiger partial charge in [0.15, 0.2) is 6.23 Å². The van der Waals surface area contributed by atoms with Gasteiger partial charge in [-0.05, 0) is 35.9 Å². The van der Waals surface area contributed by atoms with Crippen molar-refractivity contribution in [2.24, 2.45) is 4.99 Å². The molecule has 0 radical (unpaired) electrons. The number of fused-ring (bicyclic) bond motifs is 1. The van der Waals surface area contributed by atoms with Crippen molar-refractivity contribution in [1.29, 1.82) is 0 Å². The monoisotopic (exact) mass is 435 g/mol. The molecule has 11 nitrogen and oxygen atoms in total. The van der Waals surface area contributed by atoms with E-state index in [1.807, 2.05) is 0 Å². The van der Waals surface area contributed by atoms with Crippen molar-refractivity contribution in [3.63, 3.8) is 0 Å². The van der Waals surface area contributed by atoms with E-state index in [1.165, 1.54) is 6.34 Å². The first-order chi connectivity index (χ1) is 14.2. The number of aromatic nitrogens is 1. The molecule has 2 aromatic rings. The zero-order valence-corrected chi connectivity index (χ0v) is 16.6. The van der Waals surface area contributed by atoms with E-state index in [0.717, 1.165) is 16.9 Å². The zero-order valence-electron chi connectivity index (χ0n) is 15.7. The molecule has 1 aliphatic rings. The number of nitrogens with two attached hydrogens (primary N) is 1. The Labute approximate surface area is 174 Å². The van der Waals surface area contributed by atoms with Gasteiger partial charge in [-0.1, -0.05) is 0 Å². The summed E-state index contributed by atoms with van der Waals surface area (Å²) in [6.45, 7) is 0.434. The fourth-order valence-corrected chi connectivity index (χ4v) is 3.83. The predicted molar refractivity (Wildman–Crippen MR) is 109 cm³/mol. The van der Waals surface area contributed by atoms with Crippen molar-refractivity contribution in [3.8, 4) is 0 Å². The minimum atomic E-state index is -1.29. The van der Waals surface area contributed by atoms with Crippen LogP contribution in [0, 0.1) is 0 Å². The van der Waals surface area contributed by atoms with E-state index in [1.54, 1.807) is 22.4 Å². The molecule has 0 fully saturated rings. The molecule has 0 saturated carbocycles. The van der Waals surface area contributed by atoms with Crippen LogP contribution in [0.5, 0.6) is 0 Å². The van der Waals surface area contributed by atoms with Crippen LogP contribution in [0.1, 0.15) is 39.9 Å². The number of aromatic amines is 1. The highest BCUT2D eigenvalue weighted by molar-refractivity contribution is 7.12. The molecule has 0 aliphatic carbocycles. The average Bonchev–Trinajstić information content (AvgIpc) is 3.30. The molecule has 1 unspecified atom stereocenters. The van der Waals surface area contributed by atoms with Crippen molar-refractivity contribution in [3.05, 3.63) is 33.5 Å². The highest BCUT2D eigenvalue weighted by atomic mass is 32.1. The zero-order chi connectivity index (χ0) is 21.8. The standard InChI is InChI=1S/C18H21N5O6S/c19-13-6-10-15(22-13)20-8-23(17(10)27)4-3-9-5-12(30-7-9)16(26)21-11(18(28)29)1-2-14(24)25/h5-8,11,17,22,27H,1-4,19H2,(H,21,26)(H,24,25)(H,28,29)/t11-,17?/m0/s1. The number of hydrogen-bond donors (Lipinski definition) is 6. The van der Waals surface area contributed by atoms with Crippen LogP contribution in [0.4, 0.5) is 11.6 Å². The molecule has 2 aromatic heterocycles. The first-order valence-corrected chi connectivity index (χ1v) is 9.92. The van der Waals surface area contributed by atoms with Crippen LogP contribution in [-0.2, 0) is 16.0 Å². The van der Waals surface area contributed by atoms with Gasteiger partial charge in [-0.25, -0.2) is 9.79 Å². The third kappa shape index (κ3) is 4.96. The number of carbonyl (C=O) groups excluding carboxylic acids is 1. The lowest BCUT2D eigenvalue weighted by Gasteiger charge is -2.28. The molecular weight excluding hydrogens is 414 g/mol. The van der Waals surface area contributed by atoms with Crippen LogP contribution in [0.3, 0.4) is 0 Å². The van der Waals surface area contributed by atoms with Crippen molar-refractivity contribution < 1.29 is 29.7 Å². The molecule has 30 heavy (non-hydrogen) atoms. The van der Waals surface area contributed by atoms with Crippen LogP contribution >= 0.6 is 11.3 Å². The van der Waals surface area contributed by atoms with Gasteiger partial charge in [0.05, 0.1) is 11.2 Å². The quantitative estimate of drug-likeness (QED) is 0.336.